The fourth-order valence-corrected chi connectivity index (χ4v) is 2.35. The number of rotatable bonds is 8. The van der Waals surface area contributed by atoms with Gasteiger partial charge in [0.25, 0.3) is 0 Å². The average Bonchev–Trinajstić information content (AvgIpc) is 2.67. The molecule has 1 aromatic heterocycles. The van der Waals surface area contributed by atoms with E-state index in [2.05, 4.69) is 29.2 Å². The lowest BCUT2D eigenvalue weighted by Gasteiger charge is -2.10. The van der Waals surface area contributed by atoms with E-state index in [-0.39, 0.29) is 5.91 Å². The zero-order chi connectivity index (χ0) is 15.1. The maximum Gasteiger partial charge on any atom is 0.220 e. The predicted molar refractivity (Wildman–Crippen MR) is 81.9 cm³/mol. The van der Waals surface area contributed by atoms with Gasteiger partial charge in [0, 0.05) is 25.2 Å². The minimum Gasteiger partial charge on any atom is -0.356 e. The molecule has 0 radical (unpaired) electrons. The quantitative estimate of drug-likeness (QED) is 0.735. The molecule has 20 heavy (non-hydrogen) atoms. The zero-order valence-electron chi connectivity index (χ0n) is 13.5. The van der Waals surface area contributed by atoms with Crippen molar-refractivity contribution in [1.29, 1.82) is 0 Å². The molecule has 1 aromatic rings. The molecule has 5 nitrogen and oxygen atoms in total. The van der Waals surface area contributed by atoms with Gasteiger partial charge in [0.2, 0.25) is 5.91 Å². The van der Waals surface area contributed by atoms with Crippen molar-refractivity contribution in [2.45, 2.75) is 46.6 Å². The van der Waals surface area contributed by atoms with Gasteiger partial charge in [-0.3, -0.25) is 9.48 Å². The number of amides is 1. The highest BCUT2D eigenvalue weighted by Crippen LogP contribution is 2.14. The summed E-state index contributed by atoms with van der Waals surface area (Å²) in [5.74, 6) is 0.131. The van der Waals surface area contributed by atoms with Crippen LogP contribution >= 0.6 is 0 Å². The maximum atomic E-state index is 11.8. The number of aromatic nitrogens is 2. The lowest BCUT2D eigenvalue weighted by molar-refractivity contribution is -0.121. The Kier molecular flexibility index (Phi) is 6.71. The standard InChI is InChI=1S/C15H28N4O/c1-6-19-13(3)14(12(2)17-19)8-9-15(20)16-10-7-11-18(4)5/h6-11H2,1-5H3,(H,16,20). The Morgan fingerprint density at radius 1 is 1.35 bits per heavy atom. The Bertz CT molecular complexity index is 437. The van der Waals surface area contributed by atoms with Crippen LogP contribution < -0.4 is 5.32 Å². The second kappa shape index (κ2) is 8.04. The lowest BCUT2D eigenvalue weighted by Crippen LogP contribution is -2.27. The van der Waals surface area contributed by atoms with Crippen LogP contribution in [0.1, 0.15) is 36.7 Å². The molecule has 0 bridgehead atoms. The third kappa shape index (κ3) is 4.96. The minimum atomic E-state index is 0.131. The minimum absolute atomic E-state index is 0.131. The maximum absolute atomic E-state index is 11.8. The van der Waals surface area contributed by atoms with E-state index < -0.39 is 0 Å². The van der Waals surface area contributed by atoms with Crippen molar-refractivity contribution < 1.29 is 4.79 Å². The first kappa shape index (κ1) is 16.7. The van der Waals surface area contributed by atoms with Crippen molar-refractivity contribution in [3.8, 4) is 0 Å². The summed E-state index contributed by atoms with van der Waals surface area (Å²) in [6, 6.07) is 0. The molecule has 1 heterocycles. The zero-order valence-corrected chi connectivity index (χ0v) is 13.5. The second-order valence-corrected chi connectivity index (χ2v) is 5.47. The third-order valence-corrected chi connectivity index (χ3v) is 3.54. The molecule has 0 aliphatic rings. The van der Waals surface area contributed by atoms with Crippen molar-refractivity contribution in [2.24, 2.45) is 0 Å². The van der Waals surface area contributed by atoms with Gasteiger partial charge in [-0.2, -0.15) is 5.10 Å². The molecule has 0 saturated heterocycles. The molecule has 1 rings (SSSR count). The van der Waals surface area contributed by atoms with Crippen LogP contribution in [-0.4, -0.2) is 47.8 Å². The molecule has 0 unspecified atom stereocenters. The van der Waals surface area contributed by atoms with Crippen LogP contribution in [0.5, 0.6) is 0 Å². The number of carbonyl (C=O) groups excluding carboxylic acids is 1. The summed E-state index contributed by atoms with van der Waals surface area (Å²) in [5, 5.41) is 7.46. The number of nitrogens with one attached hydrogen (secondary N) is 1. The number of aryl methyl sites for hydroxylation is 2. The lowest BCUT2D eigenvalue weighted by atomic mass is 10.1. The van der Waals surface area contributed by atoms with Crippen LogP contribution in [0.25, 0.3) is 0 Å². The Labute approximate surface area is 122 Å². The van der Waals surface area contributed by atoms with E-state index in [0.717, 1.165) is 38.2 Å². The molecule has 0 fully saturated rings. The SMILES string of the molecule is CCn1nc(C)c(CCC(=O)NCCCN(C)C)c1C. The highest BCUT2D eigenvalue weighted by atomic mass is 16.1. The first-order chi connectivity index (χ1) is 9.45. The monoisotopic (exact) mass is 280 g/mol. The summed E-state index contributed by atoms with van der Waals surface area (Å²) in [7, 11) is 4.08. The van der Waals surface area contributed by atoms with E-state index in [1.807, 2.05) is 25.7 Å². The van der Waals surface area contributed by atoms with Crippen LogP contribution in [0, 0.1) is 13.8 Å². The van der Waals surface area contributed by atoms with E-state index in [9.17, 15) is 4.79 Å². The van der Waals surface area contributed by atoms with Gasteiger partial charge >= 0.3 is 0 Å². The van der Waals surface area contributed by atoms with Crippen LogP contribution in [0.4, 0.5) is 0 Å². The molecule has 0 atom stereocenters. The molecule has 0 saturated carbocycles. The molecular weight excluding hydrogens is 252 g/mol. The van der Waals surface area contributed by atoms with Gasteiger partial charge in [-0.15, -0.1) is 0 Å². The van der Waals surface area contributed by atoms with E-state index >= 15 is 0 Å². The molecule has 1 N–H and O–H groups in total. The number of hydrogen-bond donors (Lipinski definition) is 1. The number of hydrogen-bond acceptors (Lipinski definition) is 3. The molecule has 0 aliphatic carbocycles. The highest BCUT2D eigenvalue weighted by Gasteiger charge is 2.12. The normalized spacial score (nSPS) is 11.1. The van der Waals surface area contributed by atoms with Crippen LogP contribution in [0.3, 0.4) is 0 Å². The van der Waals surface area contributed by atoms with Crippen molar-refractivity contribution in [1.82, 2.24) is 20.0 Å². The summed E-state index contributed by atoms with van der Waals surface area (Å²) in [6.45, 7) is 8.81. The van der Waals surface area contributed by atoms with E-state index in [0.29, 0.717) is 6.42 Å². The number of carbonyl (C=O) groups is 1. The Morgan fingerprint density at radius 2 is 2.05 bits per heavy atom. The molecule has 1 amide bonds. The molecule has 5 heteroatoms. The summed E-state index contributed by atoms with van der Waals surface area (Å²) in [5.41, 5.74) is 3.45. The molecule has 0 aliphatic heterocycles. The van der Waals surface area contributed by atoms with Crippen LogP contribution in [0.15, 0.2) is 0 Å². The van der Waals surface area contributed by atoms with Gasteiger partial charge in [0.05, 0.1) is 5.69 Å². The Balaban J connectivity index is 2.36. The van der Waals surface area contributed by atoms with Gasteiger partial charge in [-0.25, -0.2) is 0 Å². The largest absolute Gasteiger partial charge is 0.356 e. The van der Waals surface area contributed by atoms with Crippen molar-refractivity contribution in [3.05, 3.63) is 17.0 Å². The van der Waals surface area contributed by atoms with E-state index in [4.69, 9.17) is 0 Å². The van der Waals surface area contributed by atoms with Crippen molar-refractivity contribution in [2.75, 3.05) is 27.2 Å². The molecular formula is C15H28N4O. The fourth-order valence-electron chi connectivity index (χ4n) is 2.35. The first-order valence-corrected chi connectivity index (χ1v) is 7.40. The van der Waals surface area contributed by atoms with Gasteiger partial charge in [-0.05, 0) is 59.8 Å². The first-order valence-electron chi connectivity index (χ1n) is 7.40. The molecule has 0 aromatic carbocycles. The van der Waals surface area contributed by atoms with Crippen molar-refractivity contribution in [3.63, 3.8) is 0 Å². The fraction of sp³-hybridized carbons (Fsp3) is 0.733. The molecule has 0 spiro atoms. The Hall–Kier alpha value is -1.36. The molecule has 114 valence electrons. The number of nitrogens with zero attached hydrogens (tertiary/aromatic N) is 3. The van der Waals surface area contributed by atoms with Gasteiger partial charge in [0.1, 0.15) is 0 Å². The summed E-state index contributed by atoms with van der Waals surface area (Å²) >= 11 is 0. The predicted octanol–water partition coefficient (Wildman–Crippen LogP) is 1.52. The van der Waals surface area contributed by atoms with Gasteiger partial charge in [-0.1, -0.05) is 0 Å². The second-order valence-electron chi connectivity index (χ2n) is 5.47. The smallest absolute Gasteiger partial charge is 0.220 e. The van der Waals surface area contributed by atoms with Gasteiger partial charge < -0.3 is 10.2 Å². The summed E-state index contributed by atoms with van der Waals surface area (Å²) in [4.78, 5) is 13.9. The topological polar surface area (TPSA) is 50.2 Å². The van der Waals surface area contributed by atoms with E-state index in [1.165, 1.54) is 11.3 Å². The third-order valence-electron chi connectivity index (χ3n) is 3.54. The summed E-state index contributed by atoms with van der Waals surface area (Å²) < 4.78 is 2.00. The highest BCUT2D eigenvalue weighted by molar-refractivity contribution is 5.76. The van der Waals surface area contributed by atoms with Crippen molar-refractivity contribution >= 4 is 5.91 Å². The van der Waals surface area contributed by atoms with E-state index in [1.54, 1.807) is 0 Å². The summed E-state index contributed by atoms with van der Waals surface area (Å²) in [6.07, 6.45) is 2.31. The van der Waals surface area contributed by atoms with Crippen LogP contribution in [-0.2, 0) is 17.8 Å². The Morgan fingerprint density at radius 3 is 2.60 bits per heavy atom. The van der Waals surface area contributed by atoms with Crippen LogP contribution in [0.2, 0.25) is 0 Å². The average molecular weight is 280 g/mol. The van der Waals surface area contributed by atoms with Gasteiger partial charge in [0.15, 0.2) is 0 Å².